The Bertz CT molecular complexity index is 121. The van der Waals surface area contributed by atoms with Crippen LogP contribution in [-0.2, 0) is 4.74 Å². The molecule has 0 fully saturated rings. The molecule has 1 atom stereocenters. The maximum Gasteiger partial charge on any atom is 0.0873 e. The van der Waals surface area contributed by atoms with Crippen LogP contribution in [0.4, 0.5) is 0 Å². The van der Waals surface area contributed by atoms with Crippen LogP contribution in [0.1, 0.15) is 51.9 Å². The first-order chi connectivity index (χ1) is 6.77. The Hall–Kier alpha value is -0.500. The quantitative estimate of drug-likeness (QED) is 0.433. The highest BCUT2D eigenvalue weighted by Gasteiger charge is 1.95. The first-order valence-corrected chi connectivity index (χ1v) is 5.68. The minimum absolute atomic E-state index is 0.129. The monoisotopic (exact) mass is 200 g/mol. The van der Waals surface area contributed by atoms with Crippen molar-refractivity contribution in [3.05, 3.63) is 12.8 Å². The molecule has 84 valence electrons. The molecule has 0 saturated carbocycles. The zero-order chi connectivity index (χ0) is 10.6. The largest absolute Gasteiger partial charge is 0.502 e. The first-order valence-electron chi connectivity index (χ1n) is 5.68. The van der Waals surface area contributed by atoms with E-state index in [1.807, 2.05) is 6.92 Å². The highest BCUT2D eigenvalue weighted by molar-refractivity contribution is 4.51. The lowest BCUT2D eigenvalue weighted by Crippen LogP contribution is -1.98. The van der Waals surface area contributed by atoms with Gasteiger partial charge in [0.15, 0.2) is 0 Å². The van der Waals surface area contributed by atoms with Crippen molar-refractivity contribution in [1.29, 1.82) is 0 Å². The zero-order valence-electron chi connectivity index (χ0n) is 9.37. The molecule has 2 nitrogen and oxygen atoms in total. The van der Waals surface area contributed by atoms with Gasteiger partial charge in [0, 0.05) is 0 Å². The van der Waals surface area contributed by atoms with Crippen molar-refractivity contribution >= 4 is 0 Å². The molecular formula is C12H24O2. The zero-order valence-corrected chi connectivity index (χ0v) is 9.37. The maximum atomic E-state index is 9.03. The van der Waals surface area contributed by atoms with E-state index in [2.05, 4.69) is 6.58 Å². The van der Waals surface area contributed by atoms with Crippen LogP contribution < -0.4 is 0 Å². The van der Waals surface area contributed by atoms with Crippen LogP contribution in [-0.4, -0.2) is 17.8 Å². The van der Waals surface area contributed by atoms with E-state index in [1.165, 1.54) is 31.9 Å². The highest BCUT2D eigenvalue weighted by Crippen LogP contribution is 2.08. The van der Waals surface area contributed by atoms with Crippen molar-refractivity contribution in [1.82, 2.24) is 0 Å². The highest BCUT2D eigenvalue weighted by atomic mass is 16.5. The molecule has 1 unspecified atom stereocenters. The molecule has 0 aromatic carbocycles. The molecule has 0 heterocycles. The topological polar surface area (TPSA) is 29.5 Å². The first kappa shape index (κ1) is 13.5. The van der Waals surface area contributed by atoms with Gasteiger partial charge in [0.25, 0.3) is 0 Å². The number of ether oxygens (including phenoxy) is 1. The molecule has 0 aliphatic rings. The van der Waals surface area contributed by atoms with Crippen molar-refractivity contribution in [2.75, 3.05) is 6.61 Å². The van der Waals surface area contributed by atoms with E-state index in [0.29, 0.717) is 0 Å². The summed E-state index contributed by atoms with van der Waals surface area (Å²) in [7, 11) is 0. The summed E-state index contributed by atoms with van der Waals surface area (Å²) in [5.74, 6) is 0. The lowest BCUT2D eigenvalue weighted by Gasteiger charge is -2.04. The lowest BCUT2D eigenvalue weighted by molar-refractivity contribution is 0.180. The summed E-state index contributed by atoms with van der Waals surface area (Å²) in [6, 6.07) is 0. The number of hydrogen-bond donors (Lipinski definition) is 1. The Morgan fingerprint density at radius 3 is 2.29 bits per heavy atom. The predicted octanol–water partition coefficient (Wildman–Crippen LogP) is 3.26. The third-order valence-electron chi connectivity index (χ3n) is 2.25. The van der Waals surface area contributed by atoms with Crippen molar-refractivity contribution < 1.29 is 9.84 Å². The van der Waals surface area contributed by atoms with E-state index in [-0.39, 0.29) is 6.10 Å². The van der Waals surface area contributed by atoms with Gasteiger partial charge in [-0.1, -0.05) is 38.7 Å². The number of unbranched alkanes of at least 4 members (excludes halogenated alkanes) is 5. The summed E-state index contributed by atoms with van der Waals surface area (Å²) in [6.07, 6.45) is 9.64. The Morgan fingerprint density at radius 2 is 1.71 bits per heavy atom. The van der Waals surface area contributed by atoms with Gasteiger partial charge in [0.05, 0.1) is 19.0 Å². The van der Waals surface area contributed by atoms with Crippen molar-refractivity contribution in [2.24, 2.45) is 0 Å². The normalized spacial score (nSPS) is 12.4. The van der Waals surface area contributed by atoms with Crippen molar-refractivity contribution in [3.8, 4) is 0 Å². The van der Waals surface area contributed by atoms with Crippen LogP contribution in [0.25, 0.3) is 0 Å². The van der Waals surface area contributed by atoms with Gasteiger partial charge in [-0.15, -0.1) is 0 Å². The fraction of sp³-hybridized carbons (Fsp3) is 0.833. The van der Waals surface area contributed by atoms with Gasteiger partial charge in [-0.3, -0.25) is 0 Å². The molecule has 0 radical (unpaired) electrons. The van der Waals surface area contributed by atoms with Gasteiger partial charge in [-0.2, -0.15) is 0 Å². The summed E-state index contributed by atoms with van der Waals surface area (Å²) in [4.78, 5) is 0. The molecular weight excluding hydrogens is 176 g/mol. The summed E-state index contributed by atoms with van der Waals surface area (Å²) in [5.41, 5.74) is 0. The van der Waals surface area contributed by atoms with Crippen LogP contribution in [0.3, 0.4) is 0 Å². The Morgan fingerprint density at radius 1 is 1.14 bits per heavy atom. The van der Waals surface area contributed by atoms with E-state index in [4.69, 9.17) is 9.84 Å². The Kier molecular flexibility index (Phi) is 10.2. The summed E-state index contributed by atoms with van der Waals surface area (Å²) in [5, 5.41) is 9.03. The molecule has 14 heavy (non-hydrogen) atoms. The number of aliphatic hydroxyl groups excluding tert-OH is 1. The van der Waals surface area contributed by atoms with Crippen LogP contribution in [0.2, 0.25) is 0 Å². The van der Waals surface area contributed by atoms with E-state index >= 15 is 0 Å². The third kappa shape index (κ3) is 11.5. The molecule has 0 aliphatic carbocycles. The summed E-state index contributed by atoms with van der Waals surface area (Å²) in [6.45, 7) is 6.15. The second kappa shape index (κ2) is 10.6. The number of aliphatic hydroxyl groups is 1. The van der Waals surface area contributed by atoms with Crippen LogP contribution in [0, 0.1) is 0 Å². The van der Waals surface area contributed by atoms with Gasteiger partial charge in [0.2, 0.25) is 0 Å². The lowest BCUT2D eigenvalue weighted by atomic mass is 10.1. The predicted molar refractivity (Wildman–Crippen MR) is 60.1 cm³/mol. The second-order valence-corrected chi connectivity index (χ2v) is 3.80. The molecule has 0 spiro atoms. The minimum Gasteiger partial charge on any atom is -0.502 e. The number of hydrogen-bond acceptors (Lipinski definition) is 2. The van der Waals surface area contributed by atoms with Crippen molar-refractivity contribution in [2.45, 2.75) is 58.0 Å². The molecule has 0 aromatic rings. The molecule has 0 saturated heterocycles. The average Bonchev–Trinajstić information content (AvgIpc) is 2.15. The van der Waals surface area contributed by atoms with Crippen LogP contribution >= 0.6 is 0 Å². The molecule has 0 bridgehead atoms. The van der Waals surface area contributed by atoms with Gasteiger partial charge >= 0.3 is 0 Å². The van der Waals surface area contributed by atoms with Crippen LogP contribution in [0.5, 0.6) is 0 Å². The molecule has 0 amide bonds. The summed E-state index contributed by atoms with van der Waals surface area (Å²) >= 11 is 0. The van der Waals surface area contributed by atoms with Crippen molar-refractivity contribution in [3.63, 3.8) is 0 Å². The standard InChI is InChI=1S/C12H24O2/c1-3-14-11-9-7-5-4-6-8-10-12(2)13/h3,12-13H,1,4-11H2,2H3. The summed E-state index contributed by atoms with van der Waals surface area (Å²) < 4.78 is 5.02. The Balaban J connectivity index is 2.88. The van der Waals surface area contributed by atoms with E-state index in [0.717, 1.165) is 25.9 Å². The van der Waals surface area contributed by atoms with E-state index in [9.17, 15) is 0 Å². The molecule has 1 N–H and O–H groups in total. The van der Waals surface area contributed by atoms with Gasteiger partial charge < -0.3 is 9.84 Å². The molecule has 0 aliphatic heterocycles. The molecule has 2 heteroatoms. The smallest absolute Gasteiger partial charge is 0.0873 e. The van der Waals surface area contributed by atoms with E-state index in [1.54, 1.807) is 0 Å². The minimum atomic E-state index is -0.129. The van der Waals surface area contributed by atoms with Gasteiger partial charge in [-0.05, 0) is 19.8 Å². The molecule has 0 rings (SSSR count). The SMILES string of the molecule is C=COCCCCCCCCC(C)O. The van der Waals surface area contributed by atoms with Gasteiger partial charge in [0.1, 0.15) is 0 Å². The number of rotatable bonds is 10. The fourth-order valence-corrected chi connectivity index (χ4v) is 1.42. The fourth-order valence-electron chi connectivity index (χ4n) is 1.42. The van der Waals surface area contributed by atoms with Gasteiger partial charge in [-0.25, -0.2) is 0 Å². The Labute approximate surface area is 88.0 Å². The molecule has 0 aromatic heterocycles. The van der Waals surface area contributed by atoms with Crippen LogP contribution in [0.15, 0.2) is 12.8 Å². The third-order valence-corrected chi connectivity index (χ3v) is 2.25. The van der Waals surface area contributed by atoms with E-state index < -0.39 is 0 Å². The second-order valence-electron chi connectivity index (χ2n) is 3.80. The average molecular weight is 200 g/mol. The maximum absolute atomic E-state index is 9.03.